The van der Waals surface area contributed by atoms with E-state index in [4.69, 9.17) is 0 Å². The van der Waals surface area contributed by atoms with E-state index in [2.05, 4.69) is 15.5 Å². The molecule has 1 heterocycles. The summed E-state index contributed by atoms with van der Waals surface area (Å²) >= 11 is 0. The molecule has 5 heteroatoms. The zero-order valence-electron chi connectivity index (χ0n) is 12.0. The van der Waals surface area contributed by atoms with Gasteiger partial charge in [0.05, 0.1) is 5.69 Å². The minimum Gasteiger partial charge on any atom is -0.508 e. The zero-order chi connectivity index (χ0) is 15.5. The molecule has 0 bridgehead atoms. The summed E-state index contributed by atoms with van der Waals surface area (Å²) in [6, 6.07) is 15.9. The minimum atomic E-state index is -0.249. The van der Waals surface area contributed by atoms with Gasteiger partial charge in [0.1, 0.15) is 11.4 Å². The highest BCUT2D eigenvalue weighted by Crippen LogP contribution is 2.21. The molecular weight excluding hydrogens is 278 g/mol. The standard InChI is InChI=1S/C17H15N3O2/c1-11-2-6-13(7-3-11)18-17(22)16-10-15(19-20-16)12-4-8-14(21)9-5-12/h2-10,21H,1H3,(H,18,22)(H,19,20). The first kappa shape index (κ1) is 13.9. The third-order valence-electron chi connectivity index (χ3n) is 3.29. The number of hydrogen-bond donors (Lipinski definition) is 3. The Morgan fingerprint density at radius 2 is 1.77 bits per heavy atom. The molecule has 0 aliphatic carbocycles. The van der Waals surface area contributed by atoms with Gasteiger partial charge in [-0.15, -0.1) is 0 Å². The zero-order valence-corrected chi connectivity index (χ0v) is 12.0. The Bertz CT molecular complexity index is 790. The SMILES string of the molecule is Cc1ccc(NC(=O)c2cc(-c3ccc(O)cc3)n[nH]2)cc1. The first-order chi connectivity index (χ1) is 10.6. The first-order valence-corrected chi connectivity index (χ1v) is 6.85. The van der Waals surface area contributed by atoms with Crippen molar-refractivity contribution in [3.63, 3.8) is 0 Å². The molecule has 22 heavy (non-hydrogen) atoms. The molecule has 0 fully saturated rings. The molecule has 1 amide bonds. The number of aromatic nitrogens is 2. The van der Waals surface area contributed by atoms with Crippen LogP contribution in [-0.4, -0.2) is 21.2 Å². The molecule has 0 saturated heterocycles. The number of carbonyl (C=O) groups is 1. The van der Waals surface area contributed by atoms with Gasteiger partial charge in [-0.3, -0.25) is 9.89 Å². The number of aromatic amines is 1. The topological polar surface area (TPSA) is 78.0 Å². The third-order valence-corrected chi connectivity index (χ3v) is 3.29. The van der Waals surface area contributed by atoms with Gasteiger partial charge in [0.2, 0.25) is 0 Å². The molecule has 3 N–H and O–H groups in total. The van der Waals surface area contributed by atoms with Gasteiger partial charge >= 0.3 is 0 Å². The monoisotopic (exact) mass is 293 g/mol. The second-order valence-electron chi connectivity index (χ2n) is 5.03. The minimum absolute atomic E-state index is 0.191. The molecule has 0 spiro atoms. The van der Waals surface area contributed by atoms with Crippen molar-refractivity contribution in [1.82, 2.24) is 10.2 Å². The molecule has 0 saturated carbocycles. The van der Waals surface area contributed by atoms with Crippen LogP contribution in [0.25, 0.3) is 11.3 Å². The van der Waals surface area contributed by atoms with E-state index >= 15 is 0 Å². The summed E-state index contributed by atoms with van der Waals surface area (Å²) in [5.74, 6) is -0.0574. The maximum Gasteiger partial charge on any atom is 0.273 e. The fourth-order valence-corrected chi connectivity index (χ4v) is 2.05. The summed E-state index contributed by atoms with van der Waals surface area (Å²) in [5, 5.41) is 18.9. The average Bonchev–Trinajstić information content (AvgIpc) is 3.00. The van der Waals surface area contributed by atoms with E-state index in [1.807, 2.05) is 31.2 Å². The van der Waals surface area contributed by atoms with Crippen LogP contribution >= 0.6 is 0 Å². The lowest BCUT2D eigenvalue weighted by Crippen LogP contribution is -2.12. The Labute approximate surface area is 127 Å². The molecule has 3 aromatic rings. The highest BCUT2D eigenvalue weighted by atomic mass is 16.3. The highest BCUT2D eigenvalue weighted by molar-refractivity contribution is 6.03. The number of phenols is 1. The Kier molecular flexibility index (Phi) is 3.62. The van der Waals surface area contributed by atoms with E-state index in [-0.39, 0.29) is 11.7 Å². The molecule has 0 atom stereocenters. The van der Waals surface area contributed by atoms with E-state index in [1.165, 1.54) is 0 Å². The van der Waals surface area contributed by atoms with Crippen LogP contribution in [0, 0.1) is 6.92 Å². The molecule has 0 aliphatic heterocycles. The van der Waals surface area contributed by atoms with Crippen LogP contribution in [0.1, 0.15) is 16.1 Å². The second-order valence-corrected chi connectivity index (χ2v) is 5.03. The highest BCUT2D eigenvalue weighted by Gasteiger charge is 2.11. The molecule has 0 radical (unpaired) electrons. The summed E-state index contributed by atoms with van der Waals surface area (Å²) in [6.07, 6.45) is 0. The van der Waals surface area contributed by atoms with Crippen molar-refractivity contribution in [3.8, 4) is 17.0 Å². The molecule has 0 unspecified atom stereocenters. The van der Waals surface area contributed by atoms with Crippen LogP contribution in [0.4, 0.5) is 5.69 Å². The summed E-state index contributed by atoms with van der Waals surface area (Å²) in [5.41, 5.74) is 3.71. The maximum atomic E-state index is 12.2. The number of amides is 1. The van der Waals surface area contributed by atoms with Crippen molar-refractivity contribution in [2.75, 3.05) is 5.32 Å². The summed E-state index contributed by atoms with van der Waals surface area (Å²) < 4.78 is 0. The summed E-state index contributed by atoms with van der Waals surface area (Å²) in [6.45, 7) is 1.99. The smallest absolute Gasteiger partial charge is 0.273 e. The normalized spacial score (nSPS) is 10.4. The lowest BCUT2D eigenvalue weighted by atomic mass is 10.1. The van der Waals surface area contributed by atoms with E-state index in [1.54, 1.807) is 30.3 Å². The summed E-state index contributed by atoms with van der Waals surface area (Å²) in [7, 11) is 0. The first-order valence-electron chi connectivity index (χ1n) is 6.85. The quantitative estimate of drug-likeness (QED) is 0.693. The van der Waals surface area contributed by atoms with Crippen LogP contribution in [0.2, 0.25) is 0 Å². The number of phenolic OH excluding ortho intramolecular Hbond substituents is 1. The van der Waals surface area contributed by atoms with E-state index in [9.17, 15) is 9.90 Å². The van der Waals surface area contributed by atoms with E-state index in [0.29, 0.717) is 11.4 Å². The molecule has 2 aromatic carbocycles. The Balaban J connectivity index is 1.76. The molecule has 0 aliphatic rings. The van der Waals surface area contributed by atoms with Crippen molar-refractivity contribution in [2.24, 2.45) is 0 Å². The van der Waals surface area contributed by atoms with Crippen LogP contribution in [0.5, 0.6) is 5.75 Å². The summed E-state index contributed by atoms with van der Waals surface area (Å²) in [4.78, 5) is 12.2. The lowest BCUT2D eigenvalue weighted by Gasteiger charge is -2.03. The van der Waals surface area contributed by atoms with Gasteiger partial charge in [0.15, 0.2) is 0 Å². The van der Waals surface area contributed by atoms with Gasteiger partial charge in [-0.05, 0) is 49.4 Å². The fourth-order valence-electron chi connectivity index (χ4n) is 2.05. The van der Waals surface area contributed by atoms with Crippen molar-refractivity contribution < 1.29 is 9.90 Å². The van der Waals surface area contributed by atoms with Gasteiger partial charge in [0, 0.05) is 11.3 Å². The Hall–Kier alpha value is -3.08. The lowest BCUT2D eigenvalue weighted by molar-refractivity contribution is 0.102. The molecular formula is C17H15N3O2. The number of nitrogens with zero attached hydrogens (tertiary/aromatic N) is 1. The molecule has 3 rings (SSSR count). The van der Waals surface area contributed by atoms with Crippen molar-refractivity contribution in [1.29, 1.82) is 0 Å². The Morgan fingerprint density at radius 3 is 2.45 bits per heavy atom. The van der Waals surface area contributed by atoms with Gasteiger partial charge in [-0.25, -0.2) is 0 Å². The number of aromatic hydroxyl groups is 1. The number of carbonyl (C=O) groups excluding carboxylic acids is 1. The number of nitrogens with one attached hydrogen (secondary N) is 2. The van der Waals surface area contributed by atoms with Crippen LogP contribution in [0.3, 0.4) is 0 Å². The predicted octanol–water partition coefficient (Wildman–Crippen LogP) is 3.34. The van der Waals surface area contributed by atoms with Crippen LogP contribution in [-0.2, 0) is 0 Å². The Morgan fingerprint density at radius 1 is 1.09 bits per heavy atom. The van der Waals surface area contributed by atoms with E-state index in [0.717, 1.165) is 16.8 Å². The van der Waals surface area contributed by atoms with E-state index < -0.39 is 0 Å². The van der Waals surface area contributed by atoms with Crippen LogP contribution < -0.4 is 5.32 Å². The van der Waals surface area contributed by atoms with Gasteiger partial charge in [0.25, 0.3) is 5.91 Å². The van der Waals surface area contributed by atoms with Crippen LogP contribution in [0.15, 0.2) is 54.6 Å². The number of rotatable bonds is 3. The van der Waals surface area contributed by atoms with Gasteiger partial charge in [-0.2, -0.15) is 5.10 Å². The second kappa shape index (κ2) is 5.73. The number of H-pyrrole nitrogens is 1. The number of benzene rings is 2. The number of hydrogen-bond acceptors (Lipinski definition) is 3. The number of anilines is 1. The number of aryl methyl sites for hydroxylation is 1. The van der Waals surface area contributed by atoms with Crippen molar-refractivity contribution in [3.05, 3.63) is 65.9 Å². The largest absolute Gasteiger partial charge is 0.508 e. The maximum absolute atomic E-state index is 12.2. The average molecular weight is 293 g/mol. The molecule has 1 aromatic heterocycles. The fraction of sp³-hybridized carbons (Fsp3) is 0.0588. The molecule has 110 valence electrons. The van der Waals surface area contributed by atoms with Gasteiger partial charge in [-0.1, -0.05) is 17.7 Å². The molecule has 5 nitrogen and oxygen atoms in total. The van der Waals surface area contributed by atoms with Crippen molar-refractivity contribution >= 4 is 11.6 Å². The third kappa shape index (κ3) is 2.98. The predicted molar refractivity (Wildman–Crippen MR) is 84.8 cm³/mol. The van der Waals surface area contributed by atoms with Gasteiger partial charge < -0.3 is 10.4 Å². The van der Waals surface area contributed by atoms with Crippen molar-refractivity contribution in [2.45, 2.75) is 6.92 Å².